The molecular formula is C25H27FN8O2S. The maximum absolute atomic E-state index is 13.9. The van der Waals surface area contributed by atoms with Crippen molar-refractivity contribution in [3.63, 3.8) is 0 Å². The molecule has 12 heteroatoms. The second kappa shape index (κ2) is 9.66. The molecule has 0 bridgehead atoms. The largest absolute Gasteiger partial charge is 0.294 e. The smallest absolute Gasteiger partial charge is 0.264 e. The first-order valence-corrected chi connectivity index (χ1v) is 13.5. The molecule has 5 rings (SSSR count). The fourth-order valence-corrected chi connectivity index (χ4v) is 6.26. The Morgan fingerprint density at radius 2 is 1.97 bits per heavy atom. The Balaban J connectivity index is 1.53. The molecule has 0 aliphatic carbocycles. The fourth-order valence-electron chi connectivity index (χ4n) is 4.93. The number of aromatic nitrogens is 5. The lowest BCUT2D eigenvalue weighted by molar-refractivity contribution is 0.118. The van der Waals surface area contributed by atoms with E-state index < -0.39 is 15.8 Å². The number of fused-ring (bicyclic) bond motifs is 1. The molecule has 4 aromatic rings. The van der Waals surface area contributed by atoms with E-state index in [9.17, 15) is 18.1 Å². The zero-order valence-electron chi connectivity index (χ0n) is 20.8. The Labute approximate surface area is 214 Å². The van der Waals surface area contributed by atoms with Crippen LogP contribution in [0.25, 0.3) is 16.6 Å². The van der Waals surface area contributed by atoms with Gasteiger partial charge in [-0.25, -0.2) is 17.5 Å². The quantitative estimate of drug-likeness (QED) is 0.383. The second-order valence-corrected chi connectivity index (χ2v) is 11.1. The number of rotatable bonds is 6. The van der Waals surface area contributed by atoms with E-state index in [2.05, 4.69) is 33.2 Å². The minimum absolute atomic E-state index is 0.0451. The summed E-state index contributed by atoms with van der Waals surface area (Å²) >= 11 is 0. The predicted octanol–water partition coefficient (Wildman–Crippen LogP) is 2.93. The summed E-state index contributed by atoms with van der Waals surface area (Å²) in [5, 5.41) is 22.5. The van der Waals surface area contributed by atoms with Crippen LogP contribution < -0.4 is 0 Å². The molecule has 0 saturated carbocycles. The van der Waals surface area contributed by atoms with Crippen LogP contribution in [0.1, 0.15) is 36.1 Å². The van der Waals surface area contributed by atoms with Crippen molar-refractivity contribution in [3.05, 3.63) is 65.2 Å². The summed E-state index contributed by atoms with van der Waals surface area (Å²) in [5.41, 5.74) is 3.37. The summed E-state index contributed by atoms with van der Waals surface area (Å²) < 4.78 is 43.6. The number of hydrogen-bond donors (Lipinski definition) is 0. The second-order valence-electron chi connectivity index (χ2n) is 9.19. The Hall–Kier alpha value is -3.66. The van der Waals surface area contributed by atoms with E-state index in [1.807, 2.05) is 19.1 Å². The zero-order chi connectivity index (χ0) is 26.3. The van der Waals surface area contributed by atoms with Gasteiger partial charge >= 0.3 is 0 Å². The minimum atomic E-state index is -3.78. The van der Waals surface area contributed by atoms with Crippen molar-refractivity contribution in [1.29, 1.82) is 5.26 Å². The van der Waals surface area contributed by atoms with Crippen molar-refractivity contribution in [2.24, 2.45) is 7.05 Å². The highest BCUT2D eigenvalue weighted by atomic mass is 32.2. The highest BCUT2D eigenvalue weighted by Gasteiger charge is 2.36. The number of halogens is 1. The van der Waals surface area contributed by atoms with Gasteiger partial charge in [-0.2, -0.15) is 24.6 Å². The topological polar surface area (TPSA) is 113 Å². The Morgan fingerprint density at radius 1 is 1.16 bits per heavy atom. The summed E-state index contributed by atoms with van der Waals surface area (Å²) in [6, 6.07) is 10.1. The summed E-state index contributed by atoms with van der Waals surface area (Å²) in [4.78, 5) is 3.56. The van der Waals surface area contributed by atoms with Crippen molar-refractivity contribution < 1.29 is 12.8 Å². The van der Waals surface area contributed by atoms with E-state index in [1.54, 1.807) is 24.0 Å². The number of benzene rings is 2. The fraction of sp³-hybridized carbons (Fsp3) is 0.360. The Bertz CT molecular complexity index is 1620. The molecule has 1 aliphatic rings. The van der Waals surface area contributed by atoms with Gasteiger partial charge in [-0.15, -0.1) is 5.10 Å². The van der Waals surface area contributed by atoms with Gasteiger partial charge in [-0.05, 0) is 61.3 Å². The first-order chi connectivity index (χ1) is 17.7. The van der Waals surface area contributed by atoms with Crippen LogP contribution in [0, 0.1) is 24.1 Å². The van der Waals surface area contributed by atoms with E-state index in [1.165, 1.54) is 27.4 Å². The zero-order valence-corrected chi connectivity index (χ0v) is 21.7. The van der Waals surface area contributed by atoms with Crippen molar-refractivity contribution in [3.8, 4) is 11.8 Å². The lowest BCUT2D eigenvalue weighted by Crippen LogP contribution is -2.50. The minimum Gasteiger partial charge on any atom is -0.294 e. The van der Waals surface area contributed by atoms with E-state index >= 15 is 0 Å². The molecule has 0 spiro atoms. The van der Waals surface area contributed by atoms with Gasteiger partial charge in [0.2, 0.25) is 5.03 Å². The third kappa shape index (κ3) is 4.50. The molecule has 2 aromatic heterocycles. The van der Waals surface area contributed by atoms with Crippen LogP contribution in [0.3, 0.4) is 0 Å². The monoisotopic (exact) mass is 522 g/mol. The lowest BCUT2D eigenvalue weighted by atomic mass is 9.96. The third-order valence-corrected chi connectivity index (χ3v) is 8.50. The summed E-state index contributed by atoms with van der Waals surface area (Å²) in [6.45, 7) is 6.22. The van der Waals surface area contributed by atoms with E-state index in [4.69, 9.17) is 0 Å². The highest BCUT2D eigenvalue weighted by Crippen LogP contribution is 2.33. The normalized spacial score (nSPS) is 17.3. The van der Waals surface area contributed by atoms with Gasteiger partial charge in [0.1, 0.15) is 11.9 Å². The molecule has 37 heavy (non-hydrogen) atoms. The van der Waals surface area contributed by atoms with Crippen LogP contribution in [-0.4, -0.2) is 68.6 Å². The molecular weight excluding hydrogens is 495 g/mol. The van der Waals surface area contributed by atoms with Crippen LogP contribution in [-0.2, 0) is 17.1 Å². The Kier molecular flexibility index (Phi) is 6.53. The number of piperazine rings is 1. The molecule has 10 nitrogen and oxygen atoms in total. The molecule has 2 aromatic carbocycles. The summed E-state index contributed by atoms with van der Waals surface area (Å²) in [5.74, 6) is -0.574. The van der Waals surface area contributed by atoms with E-state index in [-0.39, 0.29) is 16.6 Å². The van der Waals surface area contributed by atoms with Crippen LogP contribution in [0.5, 0.6) is 0 Å². The van der Waals surface area contributed by atoms with Gasteiger partial charge in [0.15, 0.2) is 0 Å². The van der Waals surface area contributed by atoms with Crippen LogP contribution in [0.2, 0.25) is 0 Å². The molecule has 0 amide bonds. The number of hydrogen-bond acceptors (Lipinski definition) is 7. The molecule has 1 aliphatic heterocycles. The molecule has 0 unspecified atom stereocenters. The van der Waals surface area contributed by atoms with Gasteiger partial charge in [-0.3, -0.25) is 4.90 Å². The van der Waals surface area contributed by atoms with Gasteiger partial charge in [0.25, 0.3) is 10.0 Å². The Morgan fingerprint density at radius 3 is 2.68 bits per heavy atom. The SMILES string of the molecule is CCCN1CCN(S(=O)(=O)c2cnn(C)n2)C[C@@H]1c1cc2cnn(-c3ccc(F)c(C#N)c3)c2cc1C. The molecule has 1 saturated heterocycles. The molecule has 0 N–H and O–H groups in total. The maximum atomic E-state index is 13.9. The van der Waals surface area contributed by atoms with Crippen LogP contribution in [0.15, 0.2) is 47.8 Å². The van der Waals surface area contributed by atoms with Crippen molar-refractivity contribution in [2.75, 3.05) is 26.2 Å². The molecule has 0 radical (unpaired) electrons. The van der Waals surface area contributed by atoms with Crippen LogP contribution >= 0.6 is 0 Å². The average Bonchev–Trinajstić information content (AvgIpc) is 3.50. The number of sulfonamides is 1. The first-order valence-electron chi connectivity index (χ1n) is 12.0. The van der Waals surface area contributed by atoms with Gasteiger partial charge in [-0.1, -0.05) is 6.92 Å². The first kappa shape index (κ1) is 25.0. The molecule has 1 atom stereocenters. The molecule has 1 fully saturated rings. The summed E-state index contributed by atoms with van der Waals surface area (Å²) in [7, 11) is -2.19. The van der Waals surface area contributed by atoms with Crippen molar-refractivity contribution in [2.45, 2.75) is 31.3 Å². The standard InChI is InChI=1S/C25H27FN8O2S/c1-4-7-32-8-9-33(37(35,36)25-15-28-31(3)30-25)16-24(32)21-12-19-14-29-34(23(19)10-17(21)2)20-5-6-22(26)18(11-20)13-27/h5-6,10-12,14-15,24H,4,7-9,16H2,1-3H3/t24-/m1/s1. The number of aryl methyl sites for hydroxylation is 2. The lowest BCUT2D eigenvalue weighted by Gasteiger charge is -2.41. The van der Waals surface area contributed by atoms with Crippen molar-refractivity contribution in [1.82, 2.24) is 34.0 Å². The number of nitrogens with zero attached hydrogens (tertiary/aromatic N) is 8. The number of nitriles is 1. The van der Waals surface area contributed by atoms with Crippen molar-refractivity contribution >= 4 is 20.9 Å². The molecule has 192 valence electrons. The molecule has 3 heterocycles. The highest BCUT2D eigenvalue weighted by molar-refractivity contribution is 7.89. The van der Waals surface area contributed by atoms with E-state index in [0.717, 1.165) is 35.0 Å². The predicted molar refractivity (Wildman–Crippen MR) is 135 cm³/mol. The van der Waals surface area contributed by atoms with Gasteiger partial charge < -0.3 is 0 Å². The maximum Gasteiger partial charge on any atom is 0.264 e. The van der Waals surface area contributed by atoms with Gasteiger partial charge in [0.05, 0.1) is 29.2 Å². The average molecular weight is 523 g/mol. The van der Waals surface area contributed by atoms with E-state index in [0.29, 0.717) is 25.3 Å². The summed E-state index contributed by atoms with van der Waals surface area (Å²) in [6.07, 6.45) is 3.95. The third-order valence-electron chi connectivity index (χ3n) is 6.78. The van der Waals surface area contributed by atoms with Gasteiger partial charge in [0, 0.05) is 38.1 Å². The van der Waals surface area contributed by atoms with Crippen LogP contribution in [0.4, 0.5) is 4.39 Å².